The summed E-state index contributed by atoms with van der Waals surface area (Å²) in [5.41, 5.74) is 5.10. The van der Waals surface area contributed by atoms with Gasteiger partial charge in [0.1, 0.15) is 4.90 Å². The smallest absolute Gasteiger partial charge is 0.246 e. The zero-order chi connectivity index (χ0) is 15.8. The zero-order valence-electron chi connectivity index (χ0n) is 11.9. The van der Waals surface area contributed by atoms with Crippen LogP contribution in [0.15, 0.2) is 17.0 Å². The topological polar surface area (TPSA) is 72.6 Å². The summed E-state index contributed by atoms with van der Waals surface area (Å²) in [6.07, 6.45) is 1.39. The van der Waals surface area contributed by atoms with Crippen molar-refractivity contribution in [2.45, 2.75) is 30.3 Å². The molecule has 5 nitrogen and oxygen atoms in total. The molecule has 0 radical (unpaired) electrons. The highest BCUT2D eigenvalue weighted by Crippen LogP contribution is 2.32. The molecule has 1 atom stereocenters. The highest BCUT2D eigenvalue weighted by Gasteiger charge is 2.38. The first-order valence-corrected chi connectivity index (χ1v) is 8.31. The van der Waals surface area contributed by atoms with Crippen molar-refractivity contribution in [3.63, 3.8) is 0 Å². The second kappa shape index (κ2) is 5.72. The predicted octanol–water partition coefficient (Wildman–Crippen LogP) is 2.25. The first kappa shape index (κ1) is 16.5. The summed E-state index contributed by atoms with van der Waals surface area (Å²) < 4.78 is 45.9. The third kappa shape index (κ3) is 3.15. The van der Waals surface area contributed by atoms with Gasteiger partial charge in [-0.1, -0.05) is 11.6 Å². The number of methoxy groups -OCH3 is 1. The molecular weight excluding hydrogens is 319 g/mol. The molecular formula is C13H18ClFN2O3S. The Bertz CT molecular complexity index is 653. The number of hydrogen-bond donors (Lipinski definition) is 1. The van der Waals surface area contributed by atoms with Crippen molar-refractivity contribution >= 4 is 27.3 Å². The molecule has 1 aromatic rings. The second-order valence-corrected chi connectivity index (χ2v) is 7.72. The molecule has 0 spiro atoms. The number of rotatable bonds is 3. The van der Waals surface area contributed by atoms with Crippen LogP contribution in [0, 0.1) is 5.82 Å². The quantitative estimate of drug-likeness (QED) is 0.859. The van der Waals surface area contributed by atoms with E-state index in [-0.39, 0.29) is 17.3 Å². The van der Waals surface area contributed by atoms with Gasteiger partial charge in [-0.25, -0.2) is 12.8 Å². The van der Waals surface area contributed by atoms with Crippen molar-refractivity contribution in [2.75, 3.05) is 25.9 Å². The number of nitrogen functional groups attached to an aromatic ring is 1. The summed E-state index contributed by atoms with van der Waals surface area (Å²) in [5, 5.41) is -0.305. The average Bonchev–Trinajstić information content (AvgIpc) is 2.42. The van der Waals surface area contributed by atoms with Crippen LogP contribution in [0.25, 0.3) is 0 Å². The van der Waals surface area contributed by atoms with E-state index in [0.29, 0.717) is 13.0 Å². The van der Waals surface area contributed by atoms with Crippen LogP contribution in [0.4, 0.5) is 10.1 Å². The Morgan fingerprint density at radius 1 is 1.48 bits per heavy atom. The largest absolute Gasteiger partial charge is 0.399 e. The number of piperidine rings is 1. The van der Waals surface area contributed by atoms with Crippen molar-refractivity contribution < 1.29 is 17.5 Å². The molecule has 1 aliphatic rings. The van der Waals surface area contributed by atoms with Gasteiger partial charge in [0.05, 0.1) is 10.6 Å². The van der Waals surface area contributed by atoms with Crippen LogP contribution < -0.4 is 5.73 Å². The number of sulfonamides is 1. The minimum Gasteiger partial charge on any atom is -0.399 e. The monoisotopic (exact) mass is 336 g/mol. The molecule has 2 N–H and O–H groups in total. The molecule has 0 aromatic heterocycles. The molecule has 2 rings (SSSR count). The molecule has 0 bridgehead atoms. The standard InChI is InChI=1S/C13H18ClFN2O3S/c1-13(20-2)4-3-5-17(8-13)21(18,19)11-7-9(16)6-10(14)12(11)15/h6-7H,3-5,8,16H2,1-2H3. The molecule has 1 saturated heterocycles. The molecule has 1 unspecified atom stereocenters. The lowest BCUT2D eigenvalue weighted by molar-refractivity contribution is -0.0319. The van der Waals surface area contributed by atoms with Gasteiger partial charge in [-0.05, 0) is 31.9 Å². The Balaban J connectivity index is 2.43. The van der Waals surface area contributed by atoms with Crippen molar-refractivity contribution in [2.24, 2.45) is 0 Å². The third-order valence-corrected chi connectivity index (χ3v) is 5.87. The number of benzene rings is 1. The van der Waals surface area contributed by atoms with E-state index < -0.39 is 26.3 Å². The lowest BCUT2D eigenvalue weighted by Crippen LogP contribution is -2.49. The molecule has 118 valence electrons. The van der Waals surface area contributed by atoms with Crippen molar-refractivity contribution in [3.8, 4) is 0 Å². The number of nitrogens with zero attached hydrogens (tertiary/aromatic N) is 1. The van der Waals surface area contributed by atoms with Gasteiger partial charge >= 0.3 is 0 Å². The maximum absolute atomic E-state index is 14.1. The Kier molecular flexibility index (Phi) is 4.49. The van der Waals surface area contributed by atoms with Gasteiger partial charge in [-0.15, -0.1) is 0 Å². The number of nitrogens with two attached hydrogens (primary N) is 1. The van der Waals surface area contributed by atoms with Gasteiger partial charge in [0.15, 0.2) is 5.82 Å². The van der Waals surface area contributed by atoms with Gasteiger partial charge in [0.2, 0.25) is 10.0 Å². The maximum atomic E-state index is 14.1. The minimum atomic E-state index is -4.00. The molecule has 0 amide bonds. The minimum absolute atomic E-state index is 0.103. The molecule has 0 aliphatic carbocycles. The fraction of sp³-hybridized carbons (Fsp3) is 0.538. The molecule has 1 aromatic carbocycles. The first-order valence-electron chi connectivity index (χ1n) is 6.49. The van der Waals surface area contributed by atoms with E-state index in [1.807, 2.05) is 6.92 Å². The zero-order valence-corrected chi connectivity index (χ0v) is 13.5. The average molecular weight is 337 g/mol. The molecule has 8 heteroatoms. The lowest BCUT2D eigenvalue weighted by atomic mass is 9.96. The summed E-state index contributed by atoms with van der Waals surface area (Å²) >= 11 is 5.68. The molecule has 21 heavy (non-hydrogen) atoms. The summed E-state index contributed by atoms with van der Waals surface area (Å²) in [6, 6.07) is 2.28. The van der Waals surface area contributed by atoms with E-state index in [9.17, 15) is 12.8 Å². The highest BCUT2D eigenvalue weighted by atomic mass is 35.5. The number of hydrogen-bond acceptors (Lipinski definition) is 4. The summed E-state index contributed by atoms with van der Waals surface area (Å²) in [5.74, 6) is -0.976. The summed E-state index contributed by atoms with van der Waals surface area (Å²) in [6.45, 7) is 2.31. The number of anilines is 1. The number of halogens is 2. The van der Waals surface area contributed by atoms with Gasteiger partial charge in [-0.3, -0.25) is 0 Å². The molecule has 1 aliphatic heterocycles. The Morgan fingerprint density at radius 3 is 2.76 bits per heavy atom. The summed E-state index contributed by atoms with van der Waals surface area (Å²) in [7, 11) is -2.47. The van der Waals surface area contributed by atoms with Crippen molar-refractivity contribution in [1.29, 1.82) is 0 Å². The molecule has 0 saturated carbocycles. The van der Waals surface area contributed by atoms with Crippen LogP contribution in [0.1, 0.15) is 19.8 Å². The lowest BCUT2D eigenvalue weighted by Gasteiger charge is -2.38. The van der Waals surface area contributed by atoms with Crippen LogP contribution in [-0.4, -0.2) is 38.5 Å². The van der Waals surface area contributed by atoms with Crippen molar-refractivity contribution in [3.05, 3.63) is 23.0 Å². The van der Waals surface area contributed by atoms with E-state index in [4.69, 9.17) is 22.1 Å². The van der Waals surface area contributed by atoms with Crippen LogP contribution in [-0.2, 0) is 14.8 Å². The van der Waals surface area contributed by atoms with E-state index in [2.05, 4.69) is 0 Å². The van der Waals surface area contributed by atoms with Gasteiger partial charge in [0, 0.05) is 25.9 Å². The SMILES string of the molecule is COC1(C)CCCN(S(=O)(=O)c2cc(N)cc(Cl)c2F)C1. The normalized spacial score (nSPS) is 24.2. The summed E-state index contributed by atoms with van der Waals surface area (Å²) in [4.78, 5) is -0.493. The van der Waals surface area contributed by atoms with Gasteiger partial charge < -0.3 is 10.5 Å². The van der Waals surface area contributed by atoms with Crippen LogP contribution >= 0.6 is 11.6 Å². The van der Waals surface area contributed by atoms with E-state index in [1.54, 1.807) is 0 Å². The third-order valence-electron chi connectivity index (χ3n) is 3.75. The van der Waals surface area contributed by atoms with Crippen LogP contribution in [0.2, 0.25) is 5.02 Å². The van der Waals surface area contributed by atoms with E-state index >= 15 is 0 Å². The molecule has 1 fully saturated rings. The van der Waals surface area contributed by atoms with E-state index in [0.717, 1.165) is 12.5 Å². The van der Waals surface area contributed by atoms with Gasteiger partial charge in [0.25, 0.3) is 0 Å². The maximum Gasteiger partial charge on any atom is 0.246 e. The highest BCUT2D eigenvalue weighted by molar-refractivity contribution is 7.89. The van der Waals surface area contributed by atoms with Crippen molar-refractivity contribution in [1.82, 2.24) is 4.31 Å². The second-order valence-electron chi connectivity index (χ2n) is 5.41. The van der Waals surface area contributed by atoms with Gasteiger partial charge in [-0.2, -0.15) is 4.31 Å². The fourth-order valence-electron chi connectivity index (χ4n) is 2.44. The Labute approximate surface area is 128 Å². The Morgan fingerprint density at radius 2 is 2.14 bits per heavy atom. The van der Waals surface area contributed by atoms with Crippen LogP contribution in [0.3, 0.4) is 0 Å². The first-order chi connectivity index (χ1) is 9.69. The predicted molar refractivity (Wildman–Crippen MR) is 79.2 cm³/mol. The molecule has 1 heterocycles. The Hall–Kier alpha value is -0.890. The number of ether oxygens (including phenoxy) is 1. The van der Waals surface area contributed by atoms with Crippen LogP contribution in [0.5, 0.6) is 0 Å². The van der Waals surface area contributed by atoms with E-state index in [1.165, 1.54) is 17.5 Å². The fourth-order valence-corrected chi connectivity index (χ4v) is 4.44.